The zero-order valence-electron chi connectivity index (χ0n) is 18.9. The van der Waals surface area contributed by atoms with Crippen molar-refractivity contribution in [3.8, 4) is 10.6 Å². The van der Waals surface area contributed by atoms with Gasteiger partial charge >= 0.3 is 5.97 Å². The fraction of sp³-hybridized carbons (Fsp3) is 0.217. The average molecular weight is 563 g/mol. The Bertz CT molecular complexity index is 1380. The maximum absolute atomic E-state index is 12.0. The molecular weight excluding hydrogens is 540 g/mol. The maximum Gasteiger partial charge on any atom is 0.357 e. The van der Waals surface area contributed by atoms with Gasteiger partial charge in [-0.05, 0) is 57.1 Å². The molecule has 11 heteroatoms. The van der Waals surface area contributed by atoms with Crippen molar-refractivity contribution < 1.29 is 17.9 Å². The minimum Gasteiger partial charge on any atom is -0.464 e. The Hall–Kier alpha value is -2.89. The molecule has 0 fully saturated rings. The number of rotatable bonds is 8. The van der Waals surface area contributed by atoms with Crippen molar-refractivity contribution in [2.75, 3.05) is 18.7 Å². The third-order valence-corrected chi connectivity index (χ3v) is 7.50. The number of sulfone groups is 1. The van der Waals surface area contributed by atoms with Crippen LogP contribution < -0.4 is 5.32 Å². The Morgan fingerprint density at radius 2 is 1.88 bits per heavy atom. The summed E-state index contributed by atoms with van der Waals surface area (Å²) in [6.07, 6.45) is 1.14. The molecule has 178 valence electrons. The molecule has 8 nitrogen and oxygen atoms in total. The van der Waals surface area contributed by atoms with Gasteiger partial charge in [0, 0.05) is 17.5 Å². The highest BCUT2D eigenvalue weighted by atomic mass is 79.9. The Labute approximate surface area is 210 Å². The lowest BCUT2D eigenvalue weighted by Gasteiger charge is -2.17. The number of aromatic nitrogens is 2. The van der Waals surface area contributed by atoms with Crippen LogP contribution in [-0.2, 0) is 19.4 Å². The van der Waals surface area contributed by atoms with E-state index in [1.807, 2.05) is 24.3 Å². The van der Waals surface area contributed by atoms with Gasteiger partial charge in [-0.3, -0.25) is 5.41 Å². The lowest BCUT2D eigenvalue weighted by atomic mass is 10.0. The summed E-state index contributed by atoms with van der Waals surface area (Å²) in [4.78, 5) is 16.8. The molecule has 0 aliphatic carbocycles. The first kappa shape index (κ1) is 25.7. The van der Waals surface area contributed by atoms with E-state index in [4.69, 9.17) is 10.1 Å². The number of benzene rings is 2. The number of carbonyl (C=O) groups excluding carboxylic acids is 1. The fourth-order valence-electron chi connectivity index (χ4n) is 3.08. The van der Waals surface area contributed by atoms with Crippen molar-refractivity contribution in [2.45, 2.75) is 24.7 Å². The Balaban J connectivity index is 2.12. The predicted octanol–water partition coefficient (Wildman–Crippen LogP) is 5.10. The molecule has 34 heavy (non-hydrogen) atoms. The molecule has 0 bridgehead atoms. The SMILES string of the molecule is COC(=O)C(=N)/C(Br)=C(\Nc1ccccc1C(C)C)c1nsc(-c2cccc(S(C)(=O)=O)c2)n1. The average Bonchev–Trinajstić information content (AvgIpc) is 3.30. The van der Waals surface area contributed by atoms with Crippen molar-refractivity contribution in [1.29, 1.82) is 5.41 Å². The number of carbonyl (C=O) groups is 1. The van der Waals surface area contributed by atoms with E-state index in [1.165, 1.54) is 19.2 Å². The Morgan fingerprint density at radius 3 is 2.53 bits per heavy atom. The van der Waals surface area contributed by atoms with Crippen molar-refractivity contribution in [2.24, 2.45) is 0 Å². The van der Waals surface area contributed by atoms with Crippen molar-refractivity contribution >= 4 is 60.4 Å². The minimum absolute atomic E-state index is 0.132. The smallest absolute Gasteiger partial charge is 0.357 e. The monoisotopic (exact) mass is 562 g/mol. The molecule has 2 N–H and O–H groups in total. The quantitative estimate of drug-likeness (QED) is 0.289. The molecule has 0 saturated heterocycles. The summed E-state index contributed by atoms with van der Waals surface area (Å²) in [6.45, 7) is 4.12. The number of hydrogen-bond donors (Lipinski definition) is 2. The highest BCUT2D eigenvalue weighted by molar-refractivity contribution is 9.12. The maximum atomic E-state index is 12.0. The standard InChI is InChI=1S/C23H23BrN4O4S2/c1-13(2)16-10-5-6-11-17(16)26-20(18(24)19(25)23(29)32-3)21-27-22(33-28-21)14-8-7-9-15(12-14)34(4,30)31/h5-13,25-26H,1-4H3/b20-18+,25-19?. The van der Waals surface area contributed by atoms with Crippen molar-refractivity contribution in [3.05, 3.63) is 64.4 Å². The minimum atomic E-state index is -3.39. The van der Waals surface area contributed by atoms with Crippen LogP contribution in [0.4, 0.5) is 5.69 Å². The third kappa shape index (κ3) is 5.78. The van der Waals surface area contributed by atoms with Gasteiger partial charge in [0.05, 0.1) is 16.5 Å². The van der Waals surface area contributed by atoms with Crippen LogP contribution >= 0.6 is 27.5 Å². The summed E-state index contributed by atoms with van der Waals surface area (Å²) in [5.41, 5.74) is 2.30. The second-order valence-electron chi connectivity index (χ2n) is 7.65. The van der Waals surface area contributed by atoms with Crippen LogP contribution in [0.2, 0.25) is 0 Å². The van der Waals surface area contributed by atoms with Gasteiger partial charge in [-0.2, -0.15) is 4.37 Å². The molecule has 2 aromatic carbocycles. The zero-order valence-corrected chi connectivity index (χ0v) is 22.1. The number of para-hydroxylation sites is 1. The Morgan fingerprint density at radius 1 is 1.18 bits per heavy atom. The highest BCUT2D eigenvalue weighted by Gasteiger charge is 2.23. The van der Waals surface area contributed by atoms with E-state index in [0.717, 1.165) is 29.0 Å². The van der Waals surface area contributed by atoms with Crippen molar-refractivity contribution in [1.82, 2.24) is 9.36 Å². The summed E-state index contributed by atoms with van der Waals surface area (Å²) in [6, 6.07) is 14.1. The second kappa shape index (κ2) is 10.6. The van der Waals surface area contributed by atoms with Crippen LogP contribution in [0.15, 0.2) is 57.9 Å². The molecule has 0 unspecified atom stereocenters. The number of hydrogen-bond acceptors (Lipinski definition) is 9. The first-order valence-corrected chi connectivity index (χ1v) is 13.6. The molecule has 0 radical (unpaired) electrons. The normalized spacial score (nSPS) is 12.3. The number of nitrogens with one attached hydrogen (secondary N) is 2. The van der Waals surface area contributed by atoms with Crippen LogP contribution in [0.25, 0.3) is 16.3 Å². The fourth-order valence-corrected chi connectivity index (χ4v) is 4.85. The van der Waals surface area contributed by atoms with Crippen molar-refractivity contribution in [3.63, 3.8) is 0 Å². The second-order valence-corrected chi connectivity index (χ2v) is 11.2. The summed E-state index contributed by atoms with van der Waals surface area (Å²) in [5.74, 6) is -0.370. The largest absolute Gasteiger partial charge is 0.464 e. The van der Waals surface area contributed by atoms with Gasteiger partial charge in [-0.15, -0.1) is 0 Å². The number of methoxy groups -OCH3 is 1. The van der Waals surface area contributed by atoms with Crippen LogP contribution in [0.3, 0.4) is 0 Å². The summed E-state index contributed by atoms with van der Waals surface area (Å²) < 4.78 is 33.2. The van der Waals surface area contributed by atoms with Crippen LogP contribution in [0.5, 0.6) is 0 Å². The molecule has 1 aromatic heterocycles. The highest BCUT2D eigenvalue weighted by Crippen LogP contribution is 2.32. The van der Waals surface area contributed by atoms with E-state index in [-0.39, 0.29) is 21.1 Å². The first-order valence-electron chi connectivity index (χ1n) is 10.1. The van der Waals surface area contributed by atoms with E-state index < -0.39 is 21.5 Å². The molecule has 3 aromatic rings. The van der Waals surface area contributed by atoms with Crippen LogP contribution in [-0.4, -0.2) is 42.8 Å². The van der Waals surface area contributed by atoms with Crippen LogP contribution in [0.1, 0.15) is 31.2 Å². The number of nitrogens with zero attached hydrogens (tertiary/aromatic N) is 2. The van der Waals surface area contributed by atoms with E-state index >= 15 is 0 Å². The lowest BCUT2D eigenvalue weighted by molar-refractivity contribution is -0.132. The number of anilines is 1. The molecule has 0 aliphatic heterocycles. The number of esters is 1. The third-order valence-electron chi connectivity index (χ3n) is 4.83. The predicted molar refractivity (Wildman–Crippen MR) is 138 cm³/mol. The van der Waals surface area contributed by atoms with E-state index in [2.05, 4.69) is 44.5 Å². The van der Waals surface area contributed by atoms with Gasteiger partial charge in [0.2, 0.25) is 0 Å². The first-order chi connectivity index (χ1) is 16.0. The molecule has 0 atom stereocenters. The molecule has 3 rings (SSSR count). The summed E-state index contributed by atoms with van der Waals surface area (Å²) in [5, 5.41) is 12.0. The molecule has 0 aliphatic rings. The number of ether oxygens (including phenoxy) is 1. The number of halogens is 1. The van der Waals surface area contributed by atoms with Gasteiger partial charge in [0.25, 0.3) is 0 Å². The van der Waals surface area contributed by atoms with Gasteiger partial charge < -0.3 is 10.1 Å². The zero-order chi connectivity index (χ0) is 25.0. The van der Waals surface area contributed by atoms with Gasteiger partial charge in [0.15, 0.2) is 21.4 Å². The molecule has 0 spiro atoms. The van der Waals surface area contributed by atoms with E-state index in [9.17, 15) is 13.2 Å². The molecular formula is C23H23BrN4O4S2. The lowest BCUT2D eigenvalue weighted by Crippen LogP contribution is -2.18. The van der Waals surface area contributed by atoms with E-state index in [0.29, 0.717) is 16.3 Å². The topological polar surface area (TPSA) is 122 Å². The van der Waals surface area contributed by atoms with Gasteiger partial charge in [-0.25, -0.2) is 18.2 Å². The van der Waals surface area contributed by atoms with Crippen LogP contribution in [0, 0.1) is 5.41 Å². The summed E-state index contributed by atoms with van der Waals surface area (Å²) >= 11 is 4.42. The van der Waals surface area contributed by atoms with Gasteiger partial charge in [-0.1, -0.05) is 44.2 Å². The Kier molecular flexibility index (Phi) is 8.01. The molecule has 0 saturated carbocycles. The molecule has 0 amide bonds. The van der Waals surface area contributed by atoms with E-state index in [1.54, 1.807) is 12.1 Å². The summed E-state index contributed by atoms with van der Waals surface area (Å²) in [7, 11) is -2.19. The molecule has 1 heterocycles. The van der Waals surface area contributed by atoms with Gasteiger partial charge in [0.1, 0.15) is 10.7 Å².